The molecule has 0 bridgehead atoms. The monoisotopic (exact) mass is 313 g/mol. The minimum absolute atomic E-state index is 0.0422. The van der Waals surface area contributed by atoms with E-state index in [9.17, 15) is 8.42 Å². The summed E-state index contributed by atoms with van der Waals surface area (Å²) in [6.45, 7) is 3.54. The van der Waals surface area contributed by atoms with Gasteiger partial charge in [-0.05, 0) is 25.5 Å². The normalized spacial score (nSPS) is 11.6. The van der Waals surface area contributed by atoms with Gasteiger partial charge >= 0.3 is 0 Å². The molecule has 20 heavy (non-hydrogen) atoms. The van der Waals surface area contributed by atoms with E-state index in [1.54, 1.807) is 19.1 Å². The molecule has 2 aromatic rings. The molecule has 0 atom stereocenters. The number of hydrogen-bond donors (Lipinski definition) is 1. The van der Waals surface area contributed by atoms with Crippen molar-refractivity contribution in [1.29, 1.82) is 0 Å². The Labute approximate surface area is 123 Å². The van der Waals surface area contributed by atoms with E-state index in [2.05, 4.69) is 10.2 Å². The quantitative estimate of drug-likeness (QED) is 0.882. The van der Waals surface area contributed by atoms with Gasteiger partial charge in [0.25, 0.3) is 10.0 Å². The van der Waals surface area contributed by atoms with Gasteiger partial charge in [-0.3, -0.25) is 9.40 Å². The molecule has 0 fully saturated rings. The molecule has 1 N–H and O–H groups in total. The summed E-state index contributed by atoms with van der Waals surface area (Å²) >= 11 is 5.77. The summed E-state index contributed by atoms with van der Waals surface area (Å²) in [5.74, 6) is 0.0422. The van der Waals surface area contributed by atoms with Crippen molar-refractivity contribution in [3.63, 3.8) is 0 Å². The smallest absolute Gasteiger partial charge is 0.267 e. The van der Waals surface area contributed by atoms with E-state index in [1.807, 2.05) is 19.1 Å². The standard InChI is InChI=1S/C13H16ClN3O2S/c1-9-6-4-5-7-12(9)17(3)20(18,19)13-10(2)15-16-11(13)8-14/h4-7H,8H2,1-3H3,(H,15,16). The summed E-state index contributed by atoms with van der Waals surface area (Å²) in [6, 6.07) is 7.31. The number of alkyl halides is 1. The summed E-state index contributed by atoms with van der Waals surface area (Å²) in [5, 5.41) is 6.61. The van der Waals surface area contributed by atoms with Crippen LogP contribution in [0, 0.1) is 13.8 Å². The van der Waals surface area contributed by atoms with E-state index in [0.29, 0.717) is 17.1 Å². The van der Waals surface area contributed by atoms with Crippen LogP contribution in [0.25, 0.3) is 0 Å². The van der Waals surface area contributed by atoms with Crippen LogP contribution in [-0.4, -0.2) is 25.7 Å². The number of nitrogens with zero attached hydrogens (tertiary/aromatic N) is 2. The van der Waals surface area contributed by atoms with Gasteiger partial charge in [0, 0.05) is 7.05 Å². The largest absolute Gasteiger partial charge is 0.281 e. The molecule has 0 aliphatic heterocycles. The number of benzene rings is 1. The fraction of sp³-hybridized carbons (Fsp3) is 0.308. The number of H-pyrrole nitrogens is 1. The minimum atomic E-state index is -3.69. The highest BCUT2D eigenvalue weighted by atomic mass is 35.5. The maximum atomic E-state index is 12.8. The highest BCUT2D eigenvalue weighted by molar-refractivity contribution is 7.92. The summed E-state index contributed by atoms with van der Waals surface area (Å²) in [7, 11) is -2.16. The zero-order valence-corrected chi connectivity index (χ0v) is 13.1. The summed E-state index contributed by atoms with van der Waals surface area (Å²) in [5.41, 5.74) is 2.34. The highest BCUT2D eigenvalue weighted by Gasteiger charge is 2.29. The van der Waals surface area contributed by atoms with Crippen LogP contribution in [0.1, 0.15) is 17.0 Å². The molecule has 1 aromatic heterocycles. The zero-order chi connectivity index (χ0) is 14.9. The van der Waals surface area contributed by atoms with Gasteiger partial charge in [0.2, 0.25) is 0 Å². The first-order valence-corrected chi connectivity index (χ1v) is 8.01. The molecule has 0 unspecified atom stereocenters. The predicted octanol–water partition coefficient (Wildman–Crippen LogP) is 2.59. The van der Waals surface area contributed by atoms with E-state index in [1.165, 1.54) is 11.4 Å². The second kappa shape index (κ2) is 5.46. The molecule has 0 spiro atoms. The number of nitrogens with one attached hydrogen (secondary N) is 1. The summed E-state index contributed by atoms with van der Waals surface area (Å²) in [4.78, 5) is 0.151. The molecule has 0 amide bonds. The maximum Gasteiger partial charge on any atom is 0.267 e. The molecule has 0 radical (unpaired) electrons. The summed E-state index contributed by atoms with van der Waals surface area (Å²) in [6.07, 6.45) is 0. The number of sulfonamides is 1. The molecule has 0 saturated carbocycles. The SMILES string of the molecule is Cc1ccccc1N(C)S(=O)(=O)c1c(CCl)n[nH]c1C. The maximum absolute atomic E-state index is 12.8. The Kier molecular flexibility index (Phi) is 4.06. The minimum Gasteiger partial charge on any atom is -0.281 e. The molecule has 7 heteroatoms. The van der Waals surface area contributed by atoms with Crippen molar-refractivity contribution in [3.8, 4) is 0 Å². The first kappa shape index (κ1) is 14.9. The number of aromatic nitrogens is 2. The van der Waals surface area contributed by atoms with Crippen LogP contribution >= 0.6 is 11.6 Å². The topological polar surface area (TPSA) is 66.1 Å². The highest BCUT2D eigenvalue weighted by Crippen LogP contribution is 2.28. The van der Waals surface area contributed by atoms with E-state index < -0.39 is 10.0 Å². The fourth-order valence-electron chi connectivity index (χ4n) is 2.09. The third-order valence-corrected chi connectivity index (χ3v) is 5.39. The number of para-hydroxylation sites is 1. The number of halogens is 1. The van der Waals surface area contributed by atoms with Crippen molar-refractivity contribution in [1.82, 2.24) is 10.2 Å². The van der Waals surface area contributed by atoms with Crippen molar-refractivity contribution in [2.45, 2.75) is 24.6 Å². The Morgan fingerprint density at radius 3 is 2.55 bits per heavy atom. The first-order valence-electron chi connectivity index (χ1n) is 6.04. The van der Waals surface area contributed by atoms with Crippen molar-refractivity contribution >= 4 is 27.3 Å². The van der Waals surface area contributed by atoms with Crippen LogP contribution < -0.4 is 4.31 Å². The lowest BCUT2D eigenvalue weighted by Gasteiger charge is -2.21. The lowest BCUT2D eigenvalue weighted by atomic mass is 10.2. The molecular formula is C13H16ClN3O2S. The summed E-state index contributed by atoms with van der Waals surface area (Å²) < 4.78 is 26.8. The van der Waals surface area contributed by atoms with Crippen LogP contribution in [0.15, 0.2) is 29.2 Å². The van der Waals surface area contributed by atoms with Crippen molar-refractivity contribution < 1.29 is 8.42 Å². The number of aromatic amines is 1. The predicted molar refractivity (Wildman–Crippen MR) is 79.6 cm³/mol. The van der Waals surface area contributed by atoms with Crippen LogP contribution in [0.5, 0.6) is 0 Å². The van der Waals surface area contributed by atoms with Crippen molar-refractivity contribution in [3.05, 3.63) is 41.2 Å². The van der Waals surface area contributed by atoms with Gasteiger partial charge in [-0.15, -0.1) is 11.6 Å². The Hall–Kier alpha value is -1.53. The number of aryl methyl sites for hydroxylation is 2. The molecule has 5 nitrogen and oxygen atoms in total. The van der Waals surface area contributed by atoms with Gasteiger partial charge in [-0.25, -0.2) is 8.42 Å². The van der Waals surface area contributed by atoms with Gasteiger partial charge in [0.1, 0.15) is 4.90 Å². The van der Waals surface area contributed by atoms with E-state index in [-0.39, 0.29) is 10.8 Å². The average molecular weight is 314 g/mol. The van der Waals surface area contributed by atoms with Gasteiger partial charge in [-0.1, -0.05) is 18.2 Å². The number of hydrogen-bond acceptors (Lipinski definition) is 3. The van der Waals surface area contributed by atoms with Crippen molar-refractivity contribution in [2.75, 3.05) is 11.4 Å². The third-order valence-electron chi connectivity index (χ3n) is 3.16. The lowest BCUT2D eigenvalue weighted by Crippen LogP contribution is -2.28. The Bertz CT molecular complexity index is 725. The van der Waals surface area contributed by atoms with Crippen LogP contribution in [0.2, 0.25) is 0 Å². The molecular weight excluding hydrogens is 298 g/mol. The Morgan fingerprint density at radius 1 is 1.30 bits per heavy atom. The molecule has 0 saturated heterocycles. The second-order valence-electron chi connectivity index (χ2n) is 4.52. The average Bonchev–Trinajstić information content (AvgIpc) is 2.80. The number of rotatable bonds is 4. The molecule has 0 aliphatic rings. The molecule has 0 aliphatic carbocycles. The van der Waals surface area contributed by atoms with Gasteiger partial charge in [-0.2, -0.15) is 5.10 Å². The Morgan fingerprint density at radius 2 is 1.95 bits per heavy atom. The van der Waals surface area contributed by atoms with E-state index in [4.69, 9.17) is 11.6 Å². The van der Waals surface area contributed by atoms with Crippen LogP contribution in [-0.2, 0) is 15.9 Å². The van der Waals surface area contributed by atoms with Gasteiger partial charge in [0.15, 0.2) is 0 Å². The molecule has 2 rings (SSSR count). The van der Waals surface area contributed by atoms with Crippen molar-refractivity contribution in [2.24, 2.45) is 0 Å². The zero-order valence-electron chi connectivity index (χ0n) is 11.5. The van der Waals surface area contributed by atoms with E-state index >= 15 is 0 Å². The molecule has 1 heterocycles. The van der Waals surface area contributed by atoms with E-state index in [0.717, 1.165) is 5.56 Å². The van der Waals surface area contributed by atoms with Gasteiger partial charge in [0.05, 0.1) is 23.0 Å². The molecule has 108 valence electrons. The fourth-order valence-corrected chi connectivity index (χ4v) is 3.94. The number of anilines is 1. The lowest BCUT2D eigenvalue weighted by molar-refractivity contribution is 0.593. The third kappa shape index (κ3) is 2.41. The van der Waals surface area contributed by atoms with Crippen LogP contribution in [0.3, 0.4) is 0 Å². The second-order valence-corrected chi connectivity index (χ2v) is 6.69. The van der Waals surface area contributed by atoms with Gasteiger partial charge < -0.3 is 0 Å². The molecule has 1 aromatic carbocycles. The van der Waals surface area contributed by atoms with Crippen LogP contribution in [0.4, 0.5) is 5.69 Å². The Balaban J connectivity index is 2.56. The first-order chi connectivity index (χ1) is 9.39.